The Hall–Kier alpha value is -3.33. The standard InChI is InChI=1S/C19H16BrN7O/c1-2-22-19(28)26-15-11-27(18-24-9-14(20)10-25-18)16-6-13(8-23-17(15)16)12-4-3-5-21-7-12/h3-11H,2H2,1H3,(H2,22,26,28). The predicted molar refractivity (Wildman–Crippen MR) is 110 cm³/mol. The summed E-state index contributed by atoms with van der Waals surface area (Å²) in [6, 6.07) is 5.52. The van der Waals surface area contributed by atoms with Crippen molar-refractivity contribution in [1.29, 1.82) is 0 Å². The Morgan fingerprint density at radius 1 is 1.14 bits per heavy atom. The van der Waals surface area contributed by atoms with Crippen LogP contribution in [0.25, 0.3) is 28.1 Å². The summed E-state index contributed by atoms with van der Waals surface area (Å²) in [4.78, 5) is 29.5. The molecule has 0 unspecified atom stereocenters. The Bertz CT molecular complexity index is 1130. The molecule has 8 nitrogen and oxygen atoms in total. The van der Waals surface area contributed by atoms with Crippen molar-refractivity contribution in [3.05, 3.63) is 59.9 Å². The third-order valence-electron chi connectivity index (χ3n) is 4.04. The highest BCUT2D eigenvalue weighted by molar-refractivity contribution is 9.10. The van der Waals surface area contributed by atoms with Gasteiger partial charge in [-0.15, -0.1) is 0 Å². The fraction of sp³-hybridized carbons (Fsp3) is 0.105. The molecule has 2 amide bonds. The molecule has 0 aliphatic carbocycles. The molecule has 28 heavy (non-hydrogen) atoms. The van der Waals surface area contributed by atoms with Gasteiger partial charge in [-0.1, -0.05) is 6.07 Å². The molecule has 0 bridgehead atoms. The number of rotatable bonds is 4. The molecule has 0 aliphatic rings. The van der Waals surface area contributed by atoms with Crippen LogP contribution < -0.4 is 10.6 Å². The van der Waals surface area contributed by atoms with Crippen LogP contribution in [0, 0.1) is 0 Å². The Labute approximate surface area is 169 Å². The molecule has 0 spiro atoms. The first-order valence-electron chi connectivity index (χ1n) is 8.60. The average Bonchev–Trinajstić information content (AvgIpc) is 3.07. The molecule has 0 aliphatic heterocycles. The predicted octanol–water partition coefficient (Wildman–Crippen LogP) is 3.78. The molecule has 0 saturated heterocycles. The minimum Gasteiger partial charge on any atom is -0.338 e. The topological polar surface area (TPSA) is 97.6 Å². The van der Waals surface area contributed by atoms with E-state index in [4.69, 9.17) is 0 Å². The van der Waals surface area contributed by atoms with E-state index >= 15 is 0 Å². The number of aromatic nitrogens is 5. The number of nitrogens with zero attached hydrogens (tertiary/aromatic N) is 5. The first-order valence-corrected chi connectivity index (χ1v) is 9.39. The van der Waals surface area contributed by atoms with Gasteiger partial charge in [-0.3, -0.25) is 14.5 Å². The monoisotopic (exact) mass is 437 g/mol. The van der Waals surface area contributed by atoms with Crippen molar-refractivity contribution < 1.29 is 4.79 Å². The Morgan fingerprint density at radius 3 is 2.68 bits per heavy atom. The van der Waals surface area contributed by atoms with Crippen LogP contribution in [0.15, 0.2) is 59.9 Å². The minimum atomic E-state index is -0.295. The number of urea groups is 1. The van der Waals surface area contributed by atoms with Gasteiger partial charge in [0.25, 0.3) is 0 Å². The number of hydrogen-bond donors (Lipinski definition) is 2. The van der Waals surface area contributed by atoms with E-state index in [-0.39, 0.29) is 6.03 Å². The number of anilines is 1. The SMILES string of the molecule is CCNC(=O)Nc1cn(-c2ncc(Br)cn2)c2cc(-c3cccnc3)cnc12. The molecule has 4 heterocycles. The maximum atomic E-state index is 12.0. The van der Waals surface area contributed by atoms with E-state index in [0.717, 1.165) is 21.1 Å². The molecule has 0 fully saturated rings. The zero-order valence-electron chi connectivity index (χ0n) is 14.9. The molecule has 4 aromatic rings. The summed E-state index contributed by atoms with van der Waals surface area (Å²) >= 11 is 3.35. The highest BCUT2D eigenvalue weighted by Crippen LogP contribution is 2.30. The van der Waals surface area contributed by atoms with Crippen molar-refractivity contribution in [1.82, 2.24) is 29.8 Å². The number of pyridine rings is 2. The molecule has 0 saturated carbocycles. The van der Waals surface area contributed by atoms with E-state index < -0.39 is 0 Å². The second kappa shape index (κ2) is 7.73. The number of nitrogens with one attached hydrogen (secondary N) is 2. The summed E-state index contributed by atoms with van der Waals surface area (Å²) in [6.45, 7) is 2.38. The van der Waals surface area contributed by atoms with Crippen molar-refractivity contribution in [2.45, 2.75) is 6.92 Å². The average molecular weight is 438 g/mol. The van der Waals surface area contributed by atoms with Crippen molar-refractivity contribution in [2.24, 2.45) is 0 Å². The zero-order chi connectivity index (χ0) is 19.5. The van der Waals surface area contributed by atoms with Crippen LogP contribution in [0.2, 0.25) is 0 Å². The van der Waals surface area contributed by atoms with Crippen molar-refractivity contribution in [3.8, 4) is 17.1 Å². The number of hydrogen-bond acceptors (Lipinski definition) is 5. The lowest BCUT2D eigenvalue weighted by Crippen LogP contribution is -2.28. The molecule has 140 valence electrons. The van der Waals surface area contributed by atoms with Crippen molar-refractivity contribution >= 4 is 38.7 Å². The first kappa shape index (κ1) is 18.1. The summed E-state index contributed by atoms with van der Waals surface area (Å²) < 4.78 is 2.58. The summed E-state index contributed by atoms with van der Waals surface area (Å²) in [5.74, 6) is 0.474. The number of carbonyl (C=O) groups is 1. The van der Waals surface area contributed by atoms with Gasteiger partial charge >= 0.3 is 6.03 Å². The van der Waals surface area contributed by atoms with Gasteiger partial charge in [0, 0.05) is 54.9 Å². The van der Waals surface area contributed by atoms with Gasteiger partial charge < -0.3 is 10.6 Å². The summed E-state index contributed by atoms with van der Waals surface area (Å²) in [5.41, 5.74) is 3.84. The molecule has 0 aromatic carbocycles. The van der Waals surface area contributed by atoms with Crippen molar-refractivity contribution in [3.63, 3.8) is 0 Å². The second-order valence-electron chi connectivity index (χ2n) is 5.93. The molecule has 0 atom stereocenters. The normalized spacial score (nSPS) is 10.8. The van der Waals surface area contributed by atoms with Crippen LogP contribution in [0.1, 0.15) is 6.92 Å². The lowest BCUT2D eigenvalue weighted by Gasteiger charge is -2.05. The van der Waals surface area contributed by atoms with E-state index in [1.54, 1.807) is 41.7 Å². The number of fused-ring (bicyclic) bond motifs is 1. The summed E-state index contributed by atoms with van der Waals surface area (Å²) in [7, 11) is 0. The lowest BCUT2D eigenvalue weighted by atomic mass is 10.1. The van der Waals surface area contributed by atoms with Crippen LogP contribution in [-0.4, -0.2) is 37.1 Å². The third kappa shape index (κ3) is 3.56. The molecule has 9 heteroatoms. The Morgan fingerprint density at radius 2 is 1.96 bits per heavy atom. The van der Waals surface area contributed by atoms with E-state index in [2.05, 4.69) is 46.5 Å². The Kier molecular flexibility index (Phi) is 4.98. The number of amides is 2. The van der Waals surface area contributed by atoms with Gasteiger partial charge in [0.2, 0.25) is 5.95 Å². The largest absolute Gasteiger partial charge is 0.338 e. The van der Waals surface area contributed by atoms with E-state index in [1.165, 1.54) is 0 Å². The van der Waals surface area contributed by atoms with Gasteiger partial charge in [0.05, 0.1) is 15.7 Å². The number of halogens is 1. The first-order chi connectivity index (χ1) is 13.7. The van der Waals surface area contributed by atoms with Crippen LogP contribution in [0.5, 0.6) is 0 Å². The molecule has 0 radical (unpaired) electrons. The Balaban J connectivity index is 1.87. The molecule has 4 aromatic heterocycles. The van der Waals surface area contributed by atoms with Crippen LogP contribution in [-0.2, 0) is 0 Å². The molecule has 4 rings (SSSR count). The van der Waals surface area contributed by atoms with Crippen LogP contribution >= 0.6 is 15.9 Å². The molecular weight excluding hydrogens is 422 g/mol. The van der Waals surface area contributed by atoms with Crippen LogP contribution in [0.3, 0.4) is 0 Å². The fourth-order valence-electron chi connectivity index (χ4n) is 2.81. The highest BCUT2D eigenvalue weighted by atomic mass is 79.9. The van der Waals surface area contributed by atoms with E-state index in [1.807, 2.05) is 25.1 Å². The summed E-state index contributed by atoms with van der Waals surface area (Å²) in [5, 5.41) is 5.56. The van der Waals surface area contributed by atoms with Gasteiger partial charge in [-0.05, 0) is 35.0 Å². The quantitative estimate of drug-likeness (QED) is 0.506. The minimum absolute atomic E-state index is 0.295. The summed E-state index contributed by atoms with van der Waals surface area (Å²) in [6.07, 6.45) is 10.4. The van der Waals surface area contributed by atoms with Gasteiger partial charge in [0.15, 0.2) is 0 Å². The smallest absolute Gasteiger partial charge is 0.319 e. The number of carbonyl (C=O) groups excluding carboxylic acids is 1. The van der Waals surface area contributed by atoms with Gasteiger partial charge in [-0.25, -0.2) is 14.8 Å². The maximum absolute atomic E-state index is 12.0. The van der Waals surface area contributed by atoms with Gasteiger partial charge in [-0.2, -0.15) is 0 Å². The van der Waals surface area contributed by atoms with E-state index in [0.29, 0.717) is 23.7 Å². The highest BCUT2D eigenvalue weighted by Gasteiger charge is 2.16. The fourth-order valence-corrected chi connectivity index (χ4v) is 3.01. The maximum Gasteiger partial charge on any atom is 0.319 e. The van der Waals surface area contributed by atoms with Crippen molar-refractivity contribution in [2.75, 3.05) is 11.9 Å². The lowest BCUT2D eigenvalue weighted by molar-refractivity contribution is 0.252. The second-order valence-corrected chi connectivity index (χ2v) is 6.85. The zero-order valence-corrected chi connectivity index (χ0v) is 16.5. The van der Waals surface area contributed by atoms with Gasteiger partial charge in [0.1, 0.15) is 5.52 Å². The molecular formula is C19H16BrN7O. The molecule has 2 N–H and O–H groups in total. The van der Waals surface area contributed by atoms with Crippen LogP contribution in [0.4, 0.5) is 10.5 Å². The third-order valence-corrected chi connectivity index (χ3v) is 4.45. The van der Waals surface area contributed by atoms with E-state index in [9.17, 15) is 4.79 Å².